The number of fused-ring (bicyclic) bond motifs is 1. The van der Waals surface area contributed by atoms with Gasteiger partial charge in [0.1, 0.15) is 5.82 Å². The molecule has 1 fully saturated rings. The van der Waals surface area contributed by atoms with Gasteiger partial charge in [0.05, 0.1) is 6.04 Å². The summed E-state index contributed by atoms with van der Waals surface area (Å²) in [6, 6.07) is 12.4. The number of amides is 1. The highest BCUT2D eigenvalue weighted by Gasteiger charge is 2.21. The zero-order valence-corrected chi connectivity index (χ0v) is 15.3. The zero-order valence-electron chi connectivity index (χ0n) is 14.5. The number of benzene rings is 1. The van der Waals surface area contributed by atoms with E-state index < -0.39 is 0 Å². The molecule has 6 nitrogen and oxygen atoms in total. The van der Waals surface area contributed by atoms with E-state index in [4.69, 9.17) is 4.74 Å². The van der Waals surface area contributed by atoms with Gasteiger partial charge in [0.2, 0.25) is 0 Å². The Morgan fingerprint density at radius 1 is 1.08 bits per heavy atom. The summed E-state index contributed by atoms with van der Waals surface area (Å²) in [5, 5.41) is 14.8. The van der Waals surface area contributed by atoms with Gasteiger partial charge in [0, 0.05) is 29.9 Å². The first-order chi connectivity index (χ1) is 12.8. The van der Waals surface area contributed by atoms with E-state index in [1.807, 2.05) is 17.8 Å². The predicted octanol–water partition coefficient (Wildman–Crippen LogP) is 3.03. The van der Waals surface area contributed by atoms with Crippen LogP contribution in [0.25, 0.3) is 0 Å². The smallest absolute Gasteiger partial charge is 0.272 e. The molecule has 1 saturated heterocycles. The van der Waals surface area contributed by atoms with Gasteiger partial charge in [-0.25, -0.2) is 0 Å². The number of thioether (sulfide) groups is 1. The predicted molar refractivity (Wildman–Crippen MR) is 101 cm³/mol. The van der Waals surface area contributed by atoms with E-state index in [0.717, 1.165) is 25.0 Å². The van der Waals surface area contributed by atoms with Gasteiger partial charge in [-0.2, -0.15) is 0 Å². The third kappa shape index (κ3) is 3.99. The summed E-state index contributed by atoms with van der Waals surface area (Å²) in [5.74, 6) is 1.60. The number of hydrogen-bond acceptors (Lipinski definition) is 6. The van der Waals surface area contributed by atoms with Gasteiger partial charge in [-0.05, 0) is 43.0 Å². The van der Waals surface area contributed by atoms with E-state index in [2.05, 4.69) is 45.1 Å². The van der Waals surface area contributed by atoms with Crippen LogP contribution in [0.5, 0.6) is 0 Å². The van der Waals surface area contributed by atoms with Crippen molar-refractivity contribution in [2.45, 2.75) is 36.2 Å². The van der Waals surface area contributed by atoms with Crippen molar-refractivity contribution in [1.82, 2.24) is 15.5 Å². The Labute approximate surface area is 157 Å². The van der Waals surface area contributed by atoms with Crippen molar-refractivity contribution in [1.29, 1.82) is 0 Å². The SMILES string of the molecule is O=C(NC1CCOCC1)c1ccc(NC2CCSc3ccccc32)nn1. The van der Waals surface area contributed by atoms with Gasteiger partial charge in [-0.15, -0.1) is 22.0 Å². The van der Waals surface area contributed by atoms with Crippen molar-refractivity contribution in [3.05, 3.63) is 47.7 Å². The summed E-state index contributed by atoms with van der Waals surface area (Å²) in [6.45, 7) is 1.39. The molecule has 1 amide bonds. The summed E-state index contributed by atoms with van der Waals surface area (Å²) in [7, 11) is 0. The van der Waals surface area contributed by atoms with E-state index in [0.29, 0.717) is 24.7 Å². The summed E-state index contributed by atoms with van der Waals surface area (Å²) < 4.78 is 5.31. The summed E-state index contributed by atoms with van der Waals surface area (Å²) >= 11 is 1.89. The number of rotatable bonds is 4. The average Bonchev–Trinajstić information content (AvgIpc) is 2.70. The summed E-state index contributed by atoms with van der Waals surface area (Å²) in [6.07, 6.45) is 2.73. The van der Waals surface area contributed by atoms with Crippen molar-refractivity contribution in [3.8, 4) is 0 Å². The lowest BCUT2D eigenvalue weighted by molar-refractivity contribution is 0.0693. The molecule has 0 radical (unpaired) electrons. The average molecular weight is 370 g/mol. The van der Waals surface area contributed by atoms with Crippen LogP contribution < -0.4 is 10.6 Å². The lowest BCUT2D eigenvalue weighted by atomic mass is 10.0. The highest BCUT2D eigenvalue weighted by atomic mass is 32.2. The van der Waals surface area contributed by atoms with E-state index in [-0.39, 0.29) is 18.0 Å². The molecule has 0 aliphatic carbocycles. The maximum absolute atomic E-state index is 12.3. The summed E-state index contributed by atoms with van der Waals surface area (Å²) in [4.78, 5) is 13.6. The molecule has 1 unspecified atom stereocenters. The van der Waals surface area contributed by atoms with E-state index in [9.17, 15) is 4.79 Å². The van der Waals surface area contributed by atoms with Gasteiger partial charge in [-0.3, -0.25) is 4.79 Å². The van der Waals surface area contributed by atoms with Crippen LogP contribution in [0, 0.1) is 0 Å². The fourth-order valence-corrected chi connectivity index (χ4v) is 4.43. The molecule has 2 aliphatic heterocycles. The van der Waals surface area contributed by atoms with Crippen LogP contribution in [0.15, 0.2) is 41.3 Å². The molecule has 0 spiro atoms. The molecule has 1 atom stereocenters. The lowest BCUT2D eigenvalue weighted by Crippen LogP contribution is -2.39. The Hall–Kier alpha value is -2.12. The number of nitrogens with zero attached hydrogens (tertiary/aromatic N) is 2. The summed E-state index contributed by atoms with van der Waals surface area (Å²) in [5.41, 5.74) is 1.65. The molecule has 2 aromatic rings. The molecule has 7 heteroatoms. The second kappa shape index (κ2) is 8.05. The first-order valence-corrected chi connectivity index (χ1v) is 9.99. The second-order valence-corrected chi connectivity index (χ2v) is 7.67. The number of carbonyl (C=O) groups is 1. The second-order valence-electron chi connectivity index (χ2n) is 6.54. The van der Waals surface area contributed by atoms with Gasteiger partial charge in [0.15, 0.2) is 5.69 Å². The number of nitrogens with one attached hydrogen (secondary N) is 2. The number of anilines is 1. The number of ether oxygens (including phenoxy) is 1. The van der Waals surface area contributed by atoms with Crippen molar-refractivity contribution < 1.29 is 9.53 Å². The minimum Gasteiger partial charge on any atom is -0.381 e. The monoisotopic (exact) mass is 370 g/mol. The van der Waals surface area contributed by atoms with Crippen molar-refractivity contribution in [2.24, 2.45) is 0 Å². The quantitative estimate of drug-likeness (QED) is 0.862. The standard InChI is InChI=1S/C19H22N4O2S/c24-19(20-13-7-10-25-11-8-13)16-5-6-18(23-22-16)21-15-9-12-26-17-4-2-1-3-14(15)17/h1-6,13,15H,7-12H2,(H,20,24)(H,21,23). The number of carbonyl (C=O) groups excluding carboxylic acids is 1. The molecule has 2 N–H and O–H groups in total. The normalized spacial score (nSPS) is 20.2. The van der Waals surface area contributed by atoms with E-state index >= 15 is 0 Å². The molecule has 136 valence electrons. The highest BCUT2D eigenvalue weighted by Crippen LogP contribution is 2.37. The molecule has 3 heterocycles. The highest BCUT2D eigenvalue weighted by molar-refractivity contribution is 7.99. The largest absolute Gasteiger partial charge is 0.381 e. The topological polar surface area (TPSA) is 76.1 Å². The van der Waals surface area contributed by atoms with Gasteiger partial charge in [0.25, 0.3) is 5.91 Å². The fraction of sp³-hybridized carbons (Fsp3) is 0.421. The van der Waals surface area contributed by atoms with Gasteiger partial charge >= 0.3 is 0 Å². The van der Waals surface area contributed by atoms with Crippen molar-refractivity contribution in [3.63, 3.8) is 0 Å². The third-order valence-electron chi connectivity index (χ3n) is 4.73. The van der Waals surface area contributed by atoms with Crippen molar-refractivity contribution in [2.75, 3.05) is 24.3 Å². The Balaban J connectivity index is 1.39. The van der Waals surface area contributed by atoms with Gasteiger partial charge < -0.3 is 15.4 Å². The van der Waals surface area contributed by atoms with Crippen molar-refractivity contribution >= 4 is 23.5 Å². The number of aromatic nitrogens is 2. The lowest BCUT2D eigenvalue weighted by Gasteiger charge is -2.26. The number of hydrogen-bond donors (Lipinski definition) is 2. The molecule has 1 aromatic carbocycles. The molecule has 1 aromatic heterocycles. The maximum Gasteiger partial charge on any atom is 0.272 e. The third-order valence-corrected chi connectivity index (χ3v) is 5.86. The van der Waals surface area contributed by atoms with Crippen LogP contribution >= 0.6 is 11.8 Å². The van der Waals surface area contributed by atoms with Crippen LogP contribution in [-0.4, -0.2) is 41.1 Å². The molecular formula is C19H22N4O2S. The van der Waals surface area contributed by atoms with E-state index in [1.54, 1.807) is 6.07 Å². The Morgan fingerprint density at radius 3 is 2.73 bits per heavy atom. The molecule has 4 rings (SSSR count). The van der Waals surface area contributed by atoms with Crippen LogP contribution in [0.4, 0.5) is 5.82 Å². The first kappa shape index (κ1) is 17.3. The van der Waals surface area contributed by atoms with Crippen LogP contribution in [0.3, 0.4) is 0 Å². The molecular weight excluding hydrogens is 348 g/mol. The minimum absolute atomic E-state index is 0.159. The molecule has 2 aliphatic rings. The van der Waals surface area contributed by atoms with E-state index in [1.165, 1.54) is 10.5 Å². The maximum atomic E-state index is 12.3. The Kier molecular flexibility index (Phi) is 5.36. The minimum atomic E-state index is -0.171. The van der Waals surface area contributed by atoms with Crippen LogP contribution in [0.2, 0.25) is 0 Å². The van der Waals surface area contributed by atoms with Gasteiger partial charge in [-0.1, -0.05) is 18.2 Å². The Morgan fingerprint density at radius 2 is 1.92 bits per heavy atom. The Bertz CT molecular complexity index is 762. The molecule has 26 heavy (non-hydrogen) atoms. The van der Waals surface area contributed by atoms with Crippen LogP contribution in [-0.2, 0) is 4.74 Å². The first-order valence-electron chi connectivity index (χ1n) is 9.00. The molecule has 0 saturated carbocycles. The fourth-order valence-electron chi connectivity index (χ4n) is 3.30. The zero-order chi connectivity index (χ0) is 17.8. The molecule has 0 bridgehead atoms. The van der Waals surface area contributed by atoms with Crippen LogP contribution in [0.1, 0.15) is 41.4 Å².